The lowest BCUT2D eigenvalue weighted by Crippen LogP contribution is -2.49. The molecule has 2 aromatic rings. The molecule has 3 aliphatic carbocycles. The number of fused-ring (bicyclic) bond motifs is 3. The molecule has 30 heavy (non-hydrogen) atoms. The highest BCUT2D eigenvalue weighted by molar-refractivity contribution is 6.31. The van der Waals surface area contributed by atoms with Crippen molar-refractivity contribution in [3.05, 3.63) is 52.6 Å². The molecule has 3 aliphatic rings. The van der Waals surface area contributed by atoms with Crippen LogP contribution < -0.4 is 10.2 Å². The summed E-state index contributed by atoms with van der Waals surface area (Å²) in [7, 11) is 3.81. The first-order valence-electron chi connectivity index (χ1n) is 10.6. The molecular formula is C24H30ClN3O2. The van der Waals surface area contributed by atoms with E-state index in [0.717, 1.165) is 55.5 Å². The Labute approximate surface area is 183 Å². The molecule has 3 saturated carbocycles. The highest BCUT2D eigenvalue weighted by Crippen LogP contribution is 2.54. The maximum absolute atomic E-state index is 6.26. The van der Waals surface area contributed by atoms with Crippen LogP contribution in [-0.2, 0) is 11.8 Å². The van der Waals surface area contributed by atoms with Gasteiger partial charge in [0.2, 0.25) is 0 Å². The smallest absolute Gasteiger partial charge is 0.198 e. The number of ether oxygens (including phenoxy) is 2. The Hall–Kier alpha value is -2.11. The molecule has 0 amide bonds. The van der Waals surface area contributed by atoms with E-state index in [4.69, 9.17) is 26.2 Å². The Bertz CT molecular complexity index is 1020. The van der Waals surface area contributed by atoms with Crippen LogP contribution in [0.4, 0.5) is 0 Å². The number of benzene rings is 1. The highest BCUT2D eigenvalue weighted by Gasteiger charge is 2.50. The number of rotatable bonds is 5. The summed E-state index contributed by atoms with van der Waals surface area (Å²) in [5.74, 6) is 1.38. The Balaban J connectivity index is 1.65. The van der Waals surface area contributed by atoms with Gasteiger partial charge in [-0.2, -0.15) is 5.10 Å². The van der Waals surface area contributed by atoms with E-state index < -0.39 is 0 Å². The molecule has 1 aromatic carbocycles. The molecule has 0 saturated heterocycles. The van der Waals surface area contributed by atoms with E-state index in [1.165, 1.54) is 0 Å². The van der Waals surface area contributed by atoms with Crippen LogP contribution in [-0.4, -0.2) is 23.0 Å². The molecule has 0 atom stereocenters. The summed E-state index contributed by atoms with van der Waals surface area (Å²) >= 11 is 6.26. The lowest BCUT2D eigenvalue weighted by Gasteiger charge is -2.52. The average molecular weight is 428 g/mol. The second-order valence-electron chi connectivity index (χ2n) is 8.72. The molecule has 5 rings (SSSR count). The maximum Gasteiger partial charge on any atom is 0.198 e. The van der Waals surface area contributed by atoms with Crippen molar-refractivity contribution in [3.8, 4) is 11.5 Å². The van der Waals surface area contributed by atoms with E-state index in [1.807, 2.05) is 62.2 Å². The molecule has 6 heteroatoms. The summed E-state index contributed by atoms with van der Waals surface area (Å²) in [6, 6.07) is 9.52. The van der Waals surface area contributed by atoms with Gasteiger partial charge in [-0.3, -0.25) is 0 Å². The van der Waals surface area contributed by atoms with E-state index >= 15 is 0 Å². The third-order valence-corrected chi connectivity index (χ3v) is 7.63. The van der Waals surface area contributed by atoms with Crippen LogP contribution in [0.1, 0.15) is 51.0 Å². The van der Waals surface area contributed by atoms with E-state index in [2.05, 4.69) is 12.0 Å². The van der Waals surface area contributed by atoms with E-state index in [9.17, 15) is 0 Å². The van der Waals surface area contributed by atoms with Gasteiger partial charge in [0.1, 0.15) is 5.75 Å². The number of aromatic nitrogens is 1. The summed E-state index contributed by atoms with van der Waals surface area (Å²) in [5, 5.41) is 10.0. The third kappa shape index (κ3) is 3.81. The molecule has 0 aliphatic heterocycles. The predicted molar refractivity (Wildman–Crippen MR) is 120 cm³/mol. The van der Waals surface area contributed by atoms with E-state index in [0.29, 0.717) is 16.3 Å². The van der Waals surface area contributed by atoms with Gasteiger partial charge in [-0.15, -0.1) is 5.10 Å². The fraction of sp³-hybridized carbons (Fsp3) is 0.500. The molecule has 0 unspecified atom stereocenters. The van der Waals surface area contributed by atoms with Crippen LogP contribution >= 0.6 is 11.6 Å². The van der Waals surface area contributed by atoms with Crippen LogP contribution in [0.25, 0.3) is 0 Å². The van der Waals surface area contributed by atoms with Crippen molar-refractivity contribution < 1.29 is 9.47 Å². The zero-order valence-electron chi connectivity index (χ0n) is 18.2. The van der Waals surface area contributed by atoms with Crippen molar-refractivity contribution in [2.75, 3.05) is 7.11 Å². The molecular weight excluding hydrogens is 398 g/mol. The number of pyridine rings is 1. The zero-order valence-corrected chi connectivity index (χ0v) is 19.0. The lowest BCUT2D eigenvalue weighted by atomic mass is 9.57. The molecule has 160 valence electrons. The van der Waals surface area contributed by atoms with Gasteiger partial charge in [-0.05, 0) is 76.6 Å². The topological polar surface area (TPSA) is 48.1 Å². The van der Waals surface area contributed by atoms with Gasteiger partial charge in [0.15, 0.2) is 11.2 Å². The van der Waals surface area contributed by atoms with Crippen LogP contribution in [0, 0.1) is 12.3 Å². The second-order valence-corrected chi connectivity index (χ2v) is 9.13. The molecule has 1 heterocycles. The van der Waals surface area contributed by atoms with Gasteiger partial charge < -0.3 is 14.0 Å². The van der Waals surface area contributed by atoms with Gasteiger partial charge in [-0.1, -0.05) is 17.7 Å². The minimum absolute atomic E-state index is 0.0981. The minimum Gasteiger partial charge on any atom is -0.453 e. The van der Waals surface area contributed by atoms with Gasteiger partial charge in [0, 0.05) is 42.1 Å². The van der Waals surface area contributed by atoms with E-state index in [-0.39, 0.29) is 11.0 Å². The van der Waals surface area contributed by atoms with Crippen molar-refractivity contribution in [3.63, 3.8) is 0 Å². The Morgan fingerprint density at radius 1 is 1.03 bits per heavy atom. The SMILES string of the molecule is COC12CCC(/C(C)=N/N=c3/c(Oc4cccc(Cl)c4C)cccn3C)(CC1)CC2. The first-order valence-corrected chi connectivity index (χ1v) is 11.0. The summed E-state index contributed by atoms with van der Waals surface area (Å²) < 4.78 is 13.9. The normalized spacial score (nSPS) is 26.8. The first kappa shape index (κ1) is 21.1. The number of halogens is 1. The van der Waals surface area contributed by atoms with Crippen molar-refractivity contribution in [2.24, 2.45) is 22.7 Å². The Morgan fingerprint density at radius 2 is 1.70 bits per heavy atom. The molecule has 3 fully saturated rings. The van der Waals surface area contributed by atoms with Gasteiger partial charge in [0.25, 0.3) is 0 Å². The largest absolute Gasteiger partial charge is 0.453 e. The monoisotopic (exact) mass is 427 g/mol. The van der Waals surface area contributed by atoms with Crippen LogP contribution in [0.3, 0.4) is 0 Å². The van der Waals surface area contributed by atoms with Crippen molar-refractivity contribution in [1.82, 2.24) is 4.57 Å². The zero-order chi connectivity index (χ0) is 21.4. The van der Waals surface area contributed by atoms with Gasteiger partial charge in [-0.25, -0.2) is 0 Å². The standard InChI is InChI=1S/C24H30ClN3O2/c1-17-19(25)7-5-8-20(17)30-21-9-6-16-28(3)22(21)27-26-18(2)23-10-13-24(29-4,14-11-23)15-12-23/h5-9,16H,10-15H2,1-4H3/b26-18+,27-22-. The third-order valence-electron chi connectivity index (χ3n) is 7.22. The van der Waals surface area contributed by atoms with Crippen molar-refractivity contribution in [1.29, 1.82) is 0 Å². The van der Waals surface area contributed by atoms with Crippen LogP contribution in [0.15, 0.2) is 46.7 Å². The molecule has 0 N–H and O–H groups in total. The minimum atomic E-state index is 0.0981. The predicted octanol–water partition coefficient (Wildman–Crippen LogP) is 5.80. The first-order chi connectivity index (χ1) is 14.4. The van der Waals surface area contributed by atoms with Crippen molar-refractivity contribution >= 4 is 17.3 Å². The Kier molecular flexibility index (Phi) is 5.78. The molecule has 0 spiro atoms. The fourth-order valence-corrected chi connectivity index (χ4v) is 4.99. The molecule has 5 nitrogen and oxygen atoms in total. The number of aryl methyl sites for hydroxylation is 1. The number of nitrogens with zero attached hydrogens (tertiary/aromatic N) is 3. The van der Waals surface area contributed by atoms with Crippen molar-refractivity contribution in [2.45, 2.75) is 58.0 Å². The average Bonchev–Trinajstić information content (AvgIpc) is 2.77. The summed E-state index contributed by atoms with van der Waals surface area (Å²) in [4.78, 5) is 0. The summed E-state index contributed by atoms with van der Waals surface area (Å²) in [5.41, 5.74) is 2.95. The summed E-state index contributed by atoms with van der Waals surface area (Å²) in [6.45, 7) is 4.07. The fourth-order valence-electron chi connectivity index (χ4n) is 4.82. The molecule has 0 radical (unpaired) electrons. The molecule has 1 aromatic heterocycles. The number of methoxy groups -OCH3 is 1. The lowest BCUT2D eigenvalue weighted by molar-refractivity contribution is -0.0989. The second kappa shape index (κ2) is 8.20. The quantitative estimate of drug-likeness (QED) is 0.447. The van der Waals surface area contributed by atoms with E-state index in [1.54, 1.807) is 0 Å². The van der Waals surface area contributed by atoms with Crippen LogP contribution in [0.5, 0.6) is 11.5 Å². The molecule has 2 bridgehead atoms. The van der Waals surface area contributed by atoms with Crippen LogP contribution in [0.2, 0.25) is 5.02 Å². The summed E-state index contributed by atoms with van der Waals surface area (Å²) in [6.07, 6.45) is 8.65. The number of hydrogen-bond acceptors (Lipinski definition) is 4. The van der Waals surface area contributed by atoms with Gasteiger partial charge >= 0.3 is 0 Å². The Morgan fingerprint density at radius 3 is 2.37 bits per heavy atom. The maximum atomic E-state index is 6.26. The number of hydrogen-bond donors (Lipinski definition) is 0. The van der Waals surface area contributed by atoms with Gasteiger partial charge in [0.05, 0.1) is 5.60 Å². The highest BCUT2D eigenvalue weighted by atomic mass is 35.5.